The van der Waals surface area contributed by atoms with Gasteiger partial charge >= 0.3 is 0 Å². The average Bonchev–Trinajstić information content (AvgIpc) is 2.47. The molecule has 0 aliphatic rings. The zero-order chi connectivity index (χ0) is 14.5. The lowest BCUT2D eigenvalue weighted by Gasteiger charge is -2.13. The Labute approximate surface area is 128 Å². The molecule has 0 radical (unpaired) electrons. The van der Waals surface area contributed by atoms with E-state index in [0.717, 1.165) is 5.56 Å². The lowest BCUT2D eigenvalue weighted by atomic mass is 10.1. The molecule has 4 heteroatoms. The summed E-state index contributed by atoms with van der Waals surface area (Å²) < 4.78 is 5.59. The fourth-order valence-corrected chi connectivity index (χ4v) is 2.20. The molecule has 2 nitrogen and oxygen atoms in total. The SMILES string of the molecule is CC(OCC(=O)c1cc(Cl)ccc1Cl)c1ccccc1. The van der Waals surface area contributed by atoms with Crippen molar-refractivity contribution in [1.82, 2.24) is 0 Å². The van der Waals surface area contributed by atoms with Crippen LogP contribution in [-0.2, 0) is 4.74 Å². The normalized spacial score (nSPS) is 12.2. The molecule has 0 heterocycles. The molecule has 0 amide bonds. The van der Waals surface area contributed by atoms with Crippen molar-refractivity contribution in [2.24, 2.45) is 0 Å². The molecule has 0 saturated carbocycles. The van der Waals surface area contributed by atoms with Crippen LogP contribution >= 0.6 is 23.2 Å². The number of hydrogen-bond acceptors (Lipinski definition) is 2. The van der Waals surface area contributed by atoms with Crippen molar-refractivity contribution < 1.29 is 9.53 Å². The van der Waals surface area contributed by atoms with Crippen molar-refractivity contribution in [2.75, 3.05) is 6.61 Å². The van der Waals surface area contributed by atoms with E-state index in [4.69, 9.17) is 27.9 Å². The van der Waals surface area contributed by atoms with Gasteiger partial charge in [0.1, 0.15) is 6.61 Å². The summed E-state index contributed by atoms with van der Waals surface area (Å²) in [5, 5.41) is 0.865. The molecule has 20 heavy (non-hydrogen) atoms. The number of rotatable bonds is 5. The minimum absolute atomic E-state index is 0.0316. The van der Waals surface area contributed by atoms with E-state index in [-0.39, 0.29) is 18.5 Å². The van der Waals surface area contributed by atoms with Crippen LogP contribution < -0.4 is 0 Å². The maximum Gasteiger partial charge on any atom is 0.190 e. The summed E-state index contributed by atoms with van der Waals surface area (Å²) in [5.74, 6) is -0.180. The van der Waals surface area contributed by atoms with E-state index < -0.39 is 0 Å². The summed E-state index contributed by atoms with van der Waals surface area (Å²) in [4.78, 5) is 12.1. The molecule has 0 saturated heterocycles. The molecule has 104 valence electrons. The number of carbonyl (C=O) groups excluding carboxylic acids is 1. The average molecular weight is 309 g/mol. The van der Waals surface area contributed by atoms with Gasteiger partial charge in [0.25, 0.3) is 0 Å². The topological polar surface area (TPSA) is 26.3 Å². The Morgan fingerprint density at radius 3 is 2.55 bits per heavy atom. The summed E-state index contributed by atoms with van der Waals surface area (Å²) in [6.07, 6.45) is -0.155. The largest absolute Gasteiger partial charge is 0.366 e. The van der Waals surface area contributed by atoms with Gasteiger partial charge in [-0.3, -0.25) is 4.79 Å². The molecule has 0 aromatic heterocycles. The van der Waals surface area contributed by atoms with Crippen LogP contribution in [0.2, 0.25) is 10.0 Å². The highest BCUT2D eigenvalue weighted by molar-refractivity contribution is 6.35. The number of hydrogen-bond donors (Lipinski definition) is 0. The smallest absolute Gasteiger partial charge is 0.190 e. The molecule has 1 unspecified atom stereocenters. The molecule has 2 rings (SSSR count). The maximum atomic E-state index is 12.1. The predicted octanol–water partition coefficient (Wildman–Crippen LogP) is 4.95. The van der Waals surface area contributed by atoms with Crippen LogP contribution in [-0.4, -0.2) is 12.4 Å². The molecule has 0 aliphatic carbocycles. The van der Waals surface area contributed by atoms with Crippen molar-refractivity contribution >= 4 is 29.0 Å². The van der Waals surface area contributed by atoms with Crippen molar-refractivity contribution in [3.8, 4) is 0 Å². The fraction of sp³-hybridized carbons (Fsp3) is 0.188. The zero-order valence-electron chi connectivity index (χ0n) is 11.0. The first kappa shape index (κ1) is 15.0. The number of carbonyl (C=O) groups is 1. The minimum atomic E-state index is -0.180. The van der Waals surface area contributed by atoms with Gasteiger partial charge in [0, 0.05) is 10.6 Å². The summed E-state index contributed by atoms with van der Waals surface area (Å²) in [7, 11) is 0. The first-order valence-electron chi connectivity index (χ1n) is 6.22. The van der Waals surface area contributed by atoms with Gasteiger partial charge in [-0.05, 0) is 30.7 Å². The van der Waals surface area contributed by atoms with Crippen molar-refractivity contribution in [3.63, 3.8) is 0 Å². The van der Waals surface area contributed by atoms with Crippen LogP contribution in [0.3, 0.4) is 0 Å². The molecular formula is C16H14Cl2O2. The highest BCUT2D eigenvalue weighted by atomic mass is 35.5. The summed E-state index contributed by atoms with van der Waals surface area (Å²) in [6.45, 7) is 1.87. The van der Waals surface area contributed by atoms with Crippen molar-refractivity contribution in [2.45, 2.75) is 13.0 Å². The Morgan fingerprint density at radius 1 is 1.15 bits per heavy atom. The van der Waals surface area contributed by atoms with E-state index in [1.165, 1.54) is 0 Å². The lowest BCUT2D eigenvalue weighted by molar-refractivity contribution is 0.0521. The van der Waals surface area contributed by atoms with E-state index in [9.17, 15) is 4.79 Å². The second-order valence-corrected chi connectivity index (χ2v) is 5.25. The second-order valence-electron chi connectivity index (χ2n) is 4.41. The number of halogens is 2. The van der Waals surface area contributed by atoms with E-state index >= 15 is 0 Å². The van der Waals surface area contributed by atoms with Gasteiger partial charge in [0.05, 0.1) is 11.1 Å². The molecule has 0 N–H and O–H groups in total. The first-order chi connectivity index (χ1) is 9.58. The van der Waals surface area contributed by atoms with Gasteiger partial charge in [-0.1, -0.05) is 53.5 Å². The fourth-order valence-electron chi connectivity index (χ4n) is 1.81. The number of benzene rings is 2. The molecule has 0 spiro atoms. The molecule has 1 atom stereocenters. The second kappa shape index (κ2) is 6.89. The zero-order valence-corrected chi connectivity index (χ0v) is 12.5. The quantitative estimate of drug-likeness (QED) is 0.730. The Hall–Kier alpha value is -1.35. The van der Waals surface area contributed by atoms with Gasteiger partial charge in [-0.25, -0.2) is 0 Å². The maximum absolute atomic E-state index is 12.1. The van der Waals surface area contributed by atoms with Crippen molar-refractivity contribution in [1.29, 1.82) is 0 Å². The van der Waals surface area contributed by atoms with E-state index in [1.807, 2.05) is 37.3 Å². The van der Waals surface area contributed by atoms with E-state index in [2.05, 4.69) is 0 Å². The molecular weight excluding hydrogens is 295 g/mol. The van der Waals surface area contributed by atoms with Crippen LogP contribution in [0.4, 0.5) is 0 Å². The van der Waals surface area contributed by atoms with Gasteiger partial charge in [-0.2, -0.15) is 0 Å². The van der Waals surface area contributed by atoms with Crippen LogP contribution in [0.25, 0.3) is 0 Å². The van der Waals surface area contributed by atoms with Crippen LogP contribution in [0.1, 0.15) is 28.9 Å². The van der Waals surface area contributed by atoms with Gasteiger partial charge in [-0.15, -0.1) is 0 Å². The van der Waals surface area contributed by atoms with E-state index in [0.29, 0.717) is 15.6 Å². The summed E-state index contributed by atoms with van der Waals surface area (Å²) in [6, 6.07) is 14.5. The third kappa shape index (κ3) is 3.83. The van der Waals surface area contributed by atoms with Crippen LogP contribution in [0, 0.1) is 0 Å². The number of ketones is 1. The Bertz CT molecular complexity index is 597. The first-order valence-corrected chi connectivity index (χ1v) is 6.98. The van der Waals surface area contributed by atoms with Gasteiger partial charge in [0.15, 0.2) is 5.78 Å². The Kier molecular flexibility index (Phi) is 5.18. The molecule has 2 aromatic carbocycles. The minimum Gasteiger partial charge on any atom is -0.366 e. The van der Waals surface area contributed by atoms with E-state index in [1.54, 1.807) is 18.2 Å². The highest BCUT2D eigenvalue weighted by Crippen LogP contribution is 2.22. The predicted molar refractivity (Wildman–Crippen MR) is 81.6 cm³/mol. The third-order valence-electron chi connectivity index (χ3n) is 2.96. The summed E-state index contributed by atoms with van der Waals surface area (Å²) in [5.41, 5.74) is 1.41. The van der Waals surface area contributed by atoms with Crippen molar-refractivity contribution in [3.05, 3.63) is 69.7 Å². The molecule has 0 bridgehead atoms. The number of Topliss-reactive ketones (excluding diaryl/α,β-unsaturated/α-hetero) is 1. The Balaban J connectivity index is 2.00. The van der Waals surface area contributed by atoms with Gasteiger partial charge < -0.3 is 4.74 Å². The summed E-state index contributed by atoms with van der Waals surface area (Å²) >= 11 is 11.9. The van der Waals surface area contributed by atoms with Crippen LogP contribution in [0.15, 0.2) is 48.5 Å². The lowest BCUT2D eigenvalue weighted by Crippen LogP contribution is -2.12. The third-order valence-corrected chi connectivity index (χ3v) is 3.53. The molecule has 2 aromatic rings. The monoisotopic (exact) mass is 308 g/mol. The highest BCUT2D eigenvalue weighted by Gasteiger charge is 2.13. The Morgan fingerprint density at radius 2 is 1.85 bits per heavy atom. The number of ether oxygens (including phenoxy) is 1. The molecule has 0 fully saturated rings. The van der Waals surface area contributed by atoms with Gasteiger partial charge in [0.2, 0.25) is 0 Å². The standard InChI is InChI=1S/C16H14Cl2O2/c1-11(12-5-3-2-4-6-12)20-10-16(19)14-9-13(17)7-8-15(14)18/h2-9,11H,10H2,1H3. The molecule has 0 aliphatic heterocycles. The van der Waals surface area contributed by atoms with Crippen LogP contribution in [0.5, 0.6) is 0 Å².